The van der Waals surface area contributed by atoms with Crippen LogP contribution in [0.5, 0.6) is 0 Å². The van der Waals surface area contributed by atoms with Crippen LogP contribution in [0.25, 0.3) is 0 Å². The number of fused-ring (bicyclic) bond motifs is 1. The number of para-hydroxylation sites is 1. The number of amides is 1. The fourth-order valence-electron chi connectivity index (χ4n) is 4.41. The molecule has 2 heterocycles. The molecule has 2 aromatic carbocycles. The summed E-state index contributed by atoms with van der Waals surface area (Å²) in [6, 6.07) is 16.2. The molecule has 0 fully saturated rings. The summed E-state index contributed by atoms with van der Waals surface area (Å²) in [5.41, 5.74) is 3.82. The summed E-state index contributed by atoms with van der Waals surface area (Å²) < 4.78 is 0. The predicted octanol–water partition coefficient (Wildman–Crippen LogP) is 4.85. The van der Waals surface area contributed by atoms with Gasteiger partial charge in [0, 0.05) is 11.1 Å². The Morgan fingerprint density at radius 2 is 1.70 bits per heavy atom. The van der Waals surface area contributed by atoms with E-state index >= 15 is 0 Å². The first kappa shape index (κ1) is 17.8. The molecular weight excluding hydrogens is 334 g/mol. The monoisotopic (exact) mass is 361 g/mol. The van der Waals surface area contributed by atoms with Crippen molar-refractivity contribution in [1.29, 1.82) is 0 Å². The zero-order valence-corrected chi connectivity index (χ0v) is 16.9. The number of hydrazone groups is 1. The van der Waals surface area contributed by atoms with E-state index in [2.05, 4.69) is 63.2 Å². The molecule has 1 unspecified atom stereocenters. The Morgan fingerprint density at radius 3 is 2.33 bits per heavy atom. The standard InChI is InChI=1S/C23H27N3O/c1-15-23(20(27)26(25-15)17-10-8-7-9-11-17)22(5,6)18-13-12-16(21(2,3)4)14-19(18)24-23/h7-14,24H,1-6H3. The Bertz CT molecular complexity index is 953. The van der Waals surface area contributed by atoms with Crippen LogP contribution in [0.15, 0.2) is 53.6 Å². The molecule has 2 aliphatic rings. The van der Waals surface area contributed by atoms with Crippen molar-refractivity contribution < 1.29 is 4.79 Å². The molecule has 1 spiro atoms. The first-order valence-electron chi connectivity index (χ1n) is 9.47. The van der Waals surface area contributed by atoms with Crippen LogP contribution in [0.4, 0.5) is 11.4 Å². The third kappa shape index (κ3) is 2.29. The van der Waals surface area contributed by atoms with Crippen LogP contribution in [0, 0.1) is 0 Å². The number of carbonyl (C=O) groups excluding carboxylic acids is 1. The molecule has 4 heteroatoms. The van der Waals surface area contributed by atoms with E-state index in [9.17, 15) is 4.79 Å². The molecule has 1 amide bonds. The molecule has 4 nitrogen and oxygen atoms in total. The highest BCUT2D eigenvalue weighted by molar-refractivity contribution is 6.26. The highest BCUT2D eigenvalue weighted by atomic mass is 16.2. The first-order valence-corrected chi connectivity index (χ1v) is 9.47. The van der Waals surface area contributed by atoms with Gasteiger partial charge in [-0.1, -0.05) is 65.0 Å². The number of benzene rings is 2. The quantitative estimate of drug-likeness (QED) is 0.789. The molecule has 27 heavy (non-hydrogen) atoms. The molecule has 0 saturated carbocycles. The number of carbonyl (C=O) groups is 1. The maximum Gasteiger partial charge on any atom is 0.279 e. The fraction of sp³-hybridized carbons (Fsp3) is 0.391. The number of nitrogens with one attached hydrogen (secondary N) is 1. The third-order valence-electron chi connectivity index (χ3n) is 6.13. The van der Waals surface area contributed by atoms with E-state index in [0.717, 1.165) is 22.6 Å². The summed E-state index contributed by atoms with van der Waals surface area (Å²) in [7, 11) is 0. The van der Waals surface area contributed by atoms with E-state index < -0.39 is 11.0 Å². The zero-order chi connectivity index (χ0) is 19.6. The highest BCUT2D eigenvalue weighted by Gasteiger charge is 2.63. The number of anilines is 2. The van der Waals surface area contributed by atoms with E-state index in [0.29, 0.717) is 0 Å². The van der Waals surface area contributed by atoms with Gasteiger partial charge >= 0.3 is 0 Å². The van der Waals surface area contributed by atoms with Gasteiger partial charge in [-0.25, -0.2) is 0 Å². The van der Waals surface area contributed by atoms with E-state index in [-0.39, 0.29) is 11.3 Å². The lowest BCUT2D eigenvalue weighted by Gasteiger charge is -2.36. The Balaban J connectivity index is 1.82. The summed E-state index contributed by atoms with van der Waals surface area (Å²) in [5, 5.41) is 9.79. The minimum absolute atomic E-state index is 0.0234. The van der Waals surface area contributed by atoms with Crippen LogP contribution in [0.1, 0.15) is 52.7 Å². The number of nitrogens with zero attached hydrogens (tertiary/aromatic N) is 2. The van der Waals surface area contributed by atoms with Crippen LogP contribution in [-0.4, -0.2) is 17.2 Å². The molecule has 0 bridgehead atoms. The van der Waals surface area contributed by atoms with Crippen molar-refractivity contribution in [2.75, 3.05) is 10.3 Å². The van der Waals surface area contributed by atoms with E-state index in [1.54, 1.807) is 5.01 Å². The zero-order valence-electron chi connectivity index (χ0n) is 16.9. The minimum Gasteiger partial charge on any atom is -0.366 e. The molecular formula is C23H27N3O. The summed E-state index contributed by atoms with van der Waals surface area (Å²) in [6.45, 7) is 12.8. The first-order chi connectivity index (χ1) is 12.6. The second kappa shape index (κ2) is 5.44. The third-order valence-corrected chi connectivity index (χ3v) is 6.13. The van der Waals surface area contributed by atoms with Gasteiger partial charge in [0.15, 0.2) is 5.54 Å². The normalized spacial score (nSPS) is 23.4. The lowest BCUT2D eigenvalue weighted by atomic mass is 9.68. The van der Waals surface area contributed by atoms with Crippen LogP contribution >= 0.6 is 0 Å². The summed E-state index contributed by atoms with van der Waals surface area (Å²) in [4.78, 5) is 13.7. The smallest absolute Gasteiger partial charge is 0.279 e. The molecule has 4 rings (SSSR count). The summed E-state index contributed by atoms with van der Waals surface area (Å²) in [5.74, 6) is -0.0234. The van der Waals surface area contributed by atoms with E-state index in [1.165, 1.54) is 5.56 Å². The maximum atomic E-state index is 13.7. The van der Waals surface area contributed by atoms with Gasteiger partial charge < -0.3 is 5.32 Å². The molecule has 0 saturated heterocycles. The van der Waals surface area contributed by atoms with Crippen LogP contribution in [-0.2, 0) is 15.6 Å². The minimum atomic E-state index is -0.859. The topological polar surface area (TPSA) is 44.7 Å². The van der Waals surface area contributed by atoms with Crippen molar-refractivity contribution >= 4 is 23.0 Å². The van der Waals surface area contributed by atoms with Gasteiger partial charge in [0.05, 0.1) is 11.4 Å². The lowest BCUT2D eigenvalue weighted by Crippen LogP contribution is -2.60. The van der Waals surface area contributed by atoms with Gasteiger partial charge in [-0.15, -0.1) is 0 Å². The Labute approximate surface area is 161 Å². The van der Waals surface area contributed by atoms with Crippen LogP contribution in [0.2, 0.25) is 0 Å². The van der Waals surface area contributed by atoms with Crippen molar-refractivity contribution in [2.45, 2.75) is 57.9 Å². The summed E-state index contributed by atoms with van der Waals surface area (Å²) in [6.07, 6.45) is 0. The average Bonchev–Trinajstić information content (AvgIpc) is 3.01. The van der Waals surface area contributed by atoms with Gasteiger partial charge in [0.2, 0.25) is 0 Å². The average molecular weight is 361 g/mol. The van der Waals surface area contributed by atoms with Crippen molar-refractivity contribution in [3.63, 3.8) is 0 Å². The van der Waals surface area contributed by atoms with Crippen molar-refractivity contribution in [3.05, 3.63) is 59.7 Å². The predicted molar refractivity (Wildman–Crippen MR) is 112 cm³/mol. The summed E-state index contributed by atoms with van der Waals surface area (Å²) >= 11 is 0. The number of rotatable bonds is 1. The second-order valence-electron chi connectivity index (χ2n) is 9.15. The van der Waals surface area contributed by atoms with Gasteiger partial charge in [0.1, 0.15) is 0 Å². The van der Waals surface area contributed by atoms with Crippen molar-refractivity contribution in [3.8, 4) is 0 Å². The SMILES string of the molecule is CC1=NN(c2ccccc2)C(=O)C12Nc1cc(C(C)(C)C)ccc1C2(C)C. The van der Waals surface area contributed by atoms with Gasteiger partial charge in [-0.2, -0.15) is 10.1 Å². The fourth-order valence-corrected chi connectivity index (χ4v) is 4.41. The van der Waals surface area contributed by atoms with Gasteiger partial charge in [-0.05, 0) is 41.7 Å². The lowest BCUT2D eigenvalue weighted by molar-refractivity contribution is -0.121. The van der Waals surface area contributed by atoms with Crippen molar-refractivity contribution in [2.24, 2.45) is 5.10 Å². The number of hydrogen-bond donors (Lipinski definition) is 1. The van der Waals surface area contributed by atoms with Crippen LogP contribution < -0.4 is 10.3 Å². The Morgan fingerprint density at radius 1 is 1.04 bits per heavy atom. The van der Waals surface area contributed by atoms with E-state index in [4.69, 9.17) is 0 Å². The molecule has 2 aliphatic heterocycles. The van der Waals surface area contributed by atoms with Gasteiger partial charge in [0.25, 0.3) is 5.91 Å². The van der Waals surface area contributed by atoms with Gasteiger partial charge in [-0.3, -0.25) is 4.79 Å². The molecule has 140 valence electrons. The Hall–Kier alpha value is -2.62. The Kier molecular flexibility index (Phi) is 3.58. The molecule has 0 radical (unpaired) electrons. The van der Waals surface area contributed by atoms with E-state index in [1.807, 2.05) is 37.3 Å². The maximum absolute atomic E-state index is 13.7. The highest BCUT2D eigenvalue weighted by Crippen LogP contribution is 2.51. The molecule has 0 aliphatic carbocycles. The molecule has 0 aromatic heterocycles. The largest absolute Gasteiger partial charge is 0.366 e. The van der Waals surface area contributed by atoms with Crippen molar-refractivity contribution in [1.82, 2.24) is 0 Å². The van der Waals surface area contributed by atoms with Crippen LogP contribution in [0.3, 0.4) is 0 Å². The number of hydrogen-bond acceptors (Lipinski definition) is 3. The molecule has 1 atom stereocenters. The second-order valence-corrected chi connectivity index (χ2v) is 9.15. The molecule has 1 N–H and O–H groups in total. The molecule has 2 aromatic rings.